The Morgan fingerprint density at radius 3 is 2.37 bits per heavy atom. The lowest BCUT2D eigenvalue weighted by Gasteiger charge is -2.32. The summed E-state index contributed by atoms with van der Waals surface area (Å²) in [6.07, 6.45) is 13.3. The summed E-state index contributed by atoms with van der Waals surface area (Å²) >= 11 is 0. The van der Waals surface area contributed by atoms with Crippen molar-refractivity contribution >= 4 is 0 Å². The van der Waals surface area contributed by atoms with Gasteiger partial charge in [-0.2, -0.15) is 0 Å². The van der Waals surface area contributed by atoms with E-state index in [-0.39, 0.29) is 0 Å². The summed E-state index contributed by atoms with van der Waals surface area (Å²) < 4.78 is 0. The van der Waals surface area contributed by atoms with E-state index in [9.17, 15) is 0 Å². The Hall–Kier alpha value is -0.0400. The highest BCUT2D eigenvalue weighted by molar-refractivity contribution is 5.04. The number of hydrogen-bond acceptors (Lipinski definition) is 1. The number of unbranched alkanes of at least 4 members (excludes halogenated alkanes) is 4. The molecular formula is C18H35N. The van der Waals surface area contributed by atoms with Gasteiger partial charge in [-0.25, -0.2) is 0 Å². The van der Waals surface area contributed by atoms with Crippen LogP contribution in [0.2, 0.25) is 0 Å². The minimum absolute atomic E-state index is 0.689. The molecule has 1 N–H and O–H groups in total. The van der Waals surface area contributed by atoms with Gasteiger partial charge >= 0.3 is 0 Å². The van der Waals surface area contributed by atoms with E-state index in [1.165, 1.54) is 64.5 Å². The molecule has 0 aromatic heterocycles. The van der Waals surface area contributed by atoms with Crippen LogP contribution in [0.3, 0.4) is 0 Å². The fourth-order valence-corrected chi connectivity index (χ4v) is 4.17. The first kappa shape index (κ1) is 15.4. The van der Waals surface area contributed by atoms with Crippen LogP contribution < -0.4 is 5.32 Å². The zero-order valence-corrected chi connectivity index (χ0v) is 13.5. The van der Waals surface area contributed by atoms with E-state index in [0.29, 0.717) is 5.41 Å². The summed E-state index contributed by atoms with van der Waals surface area (Å²) in [5, 5.41) is 3.76. The van der Waals surface area contributed by atoms with Gasteiger partial charge in [-0.15, -0.1) is 0 Å². The van der Waals surface area contributed by atoms with Crippen LogP contribution in [0.4, 0.5) is 0 Å². The lowest BCUT2D eigenvalue weighted by molar-refractivity contribution is 0.219. The Bertz CT molecular complexity index is 248. The van der Waals surface area contributed by atoms with Gasteiger partial charge in [0.25, 0.3) is 0 Å². The van der Waals surface area contributed by atoms with Gasteiger partial charge in [0.05, 0.1) is 0 Å². The smallest absolute Gasteiger partial charge is 0.000813 e. The van der Waals surface area contributed by atoms with Gasteiger partial charge in [0, 0.05) is 6.54 Å². The average Bonchev–Trinajstić information content (AvgIpc) is 2.97. The largest absolute Gasteiger partial charge is 0.316 e. The van der Waals surface area contributed by atoms with E-state index in [0.717, 1.165) is 17.8 Å². The Balaban J connectivity index is 1.69. The molecule has 2 aliphatic rings. The van der Waals surface area contributed by atoms with E-state index in [1.54, 1.807) is 6.42 Å². The summed E-state index contributed by atoms with van der Waals surface area (Å²) in [5.41, 5.74) is 0.689. The number of hydrogen-bond donors (Lipinski definition) is 1. The van der Waals surface area contributed by atoms with Crippen molar-refractivity contribution in [2.45, 2.75) is 78.6 Å². The quantitative estimate of drug-likeness (QED) is 0.548. The second kappa shape index (κ2) is 7.11. The lowest BCUT2D eigenvalue weighted by atomic mass is 9.78. The number of rotatable bonds is 10. The first-order valence-corrected chi connectivity index (χ1v) is 8.86. The maximum absolute atomic E-state index is 3.76. The zero-order chi connectivity index (χ0) is 13.7. The Kier molecular flexibility index (Phi) is 5.74. The van der Waals surface area contributed by atoms with Gasteiger partial charge in [0.2, 0.25) is 0 Å². The topological polar surface area (TPSA) is 12.0 Å². The molecule has 0 spiro atoms. The number of fused-ring (bicyclic) bond motifs is 1. The highest BCUT2D eigenvalue weighted by Gasteiger charge is 2.52. The van der Waals surface area contributed by atoms with Gasteiger partial charge in [-0.1, -0.05) is 52.9 Å². The van der Waals surface area contributed by atoms with Crippen molar-refractivity contribution in [1.82, 2.24) is 5.32 Å². The molecule has 0 aromatic rings. The van der Waals surface area contributed by atoms with Gasteiger partial charge in [0.15, 0.2) is 0 Å². The fraction of sp³-hybridized carbons (Fsp3) is 1.00. The molecule has 0 heterocycles. The molecule has 0 radical (unpaired) electrons. The Morgan fingerprint density at radius 2 is 1.74 bits per heavy atom. The van der Waals surface area contributed by atoms with Crippen LogP contribution in [0.25, 0.3) is 0 Å². The van der Waals surface area contributed by atoms with Crippen LogP contribution in [0.1, 0.15) is 78.6 Å². The van der Waals surface area contributed by atoms with E-state index in [2.05, 4.69) is 26.1 Å². The average molecular weight is 265 g/mol. The molecule has 19 heavy (non-hydrogen) atoms. The molecule has 0 aliphatic heterocycles. The van der Waals surface area contributed by atoms with E-state index < -0.39 is 0 Å². The maximum Gasteiger partial charge on any atom is 0.000813 e. The van der Waals surface area contributed by atoms with Crippen LogP contribution in [0.15, 0.2) is 0 Å². The van der Waals surface area contributed by atoms with Crippen LogP contribution in [-0.2, 0) is 0 Å². The summed E-state index contributed by atoms with van der Waals surface area (Å²) in [6, 6.07) is 0. The minimum Gasteiger partial charge on any atom is -0.316 e. The highest BCUT2D eigenvalue weighted by atomic mass is 14.9. The maximum atomic E-state index is 3.76. The van der Waals surface area contributed by atoms with Crippen LogP contribution in [0, 0.1) is 23.2 Å². The van der Waals surface area contributed by atoms with E-state index in [1.807, 2.05) is 0 Å². The molecule has 0 bridgehead atoms. The van der Waals surface area contributed by atoms with Crippen molar-refractivity contribution < 1.29 is 0 Å². The minimum atomic E-state index is 0.689. The van der Waals surface area contributed by atoms with Crippen molar-refractivity contribution in [3.63, 3.8) is 0 Å². The first-order chi connectivity index (χ1) is 9.15. The molecule has 2 aliphatic carbocycles. The molecule has 2 saturated carbocycles. The second-order valence-electron chi connectivity index (χ2n) is 7.85. The Labute approximate surface area is 120 Å². The summed E-state index contributed by atoms with van der Waals surface area (Å²) in [5.74, 6) is 3.03. The molecule has 1 nitrogen and oxygen atoms in total. The zero-order valence-electron chi connectivity index (χ0n) is 13.5. The molecule has 112 valence electrons. The van der Waals surface area contributed by atoms with Crippen molar-refractivity contribution in [2.24, 2.45) is 23.2 Å². The first-order valence-electron chi connectivity index (χ1n) is 8.86. The molecule has 2 fully saturated rings. The summed E-state index contributed by atoms with van der Waals surface area (Å²) in [4.78, 5) is 0. The molecule has 1 heteroatoms. The van der Waals surface area contributed by atoms with E-state index in [4.69, 9.17) is 0 Å². The highest BCUT2D eigenvalue weighted by Crippen LogP contribution is 2.61. The molecular weight excluding hydrogens is 230 g/mol. The van der Waals surface area contributed by atoms with E-state index >= 15 is 0 Å². The molecule has 2 atom stereocenters. The third-order valence-electron chi connectivity index (χ3n) is 5.32. The second-order valence-corrected chi connectivity index (χ2v) is 7.85. The molecule has 2 rings (SSSR count). The van der Waals surface area contributed by atoms with Gasteiger partial charge in [-0.3, -0.25) is 0 Å². The normalized spacial score (nSPS) is 32.8. The van der Waals surface area contributed by atoms with Crippen LogP contribution in [0.5, 0.6) is 0 Å². The van der Waals surface area contributed by atoms with Crippen molar-refractivity contribution in [3.8, 4) is 0 Å². The number of nitrogens with one attached hydrogen (secondary N) is 1. The third kappa shape index (κ3) is 4.77. The predicted octanol–water partition coefficient (Wildman–Crippen LogP) is 5.01. The monoisotopic (exact) mass is 265 g/mol. The van der Waals surface area contributed by atoms with Crippen molar-refractivity contribution in [3.05, 3.63) is 0 Å². The summed E-state index contributed by atoms with van der Waals surface area (Å²) in [6.45, 7) is 9.44. The molecule has 0 saturated heterocycles. The Morgan fingerprint density at radius 1 is 1.05 bits per heavy atom. The van der Waals surface area contributed by atoms with Crippen LogP contribution >= 0.6 is 0 Å². The van der Waals surface area contributed by atoms with Crippen LogP contribution in [-0.4, -0.2) is 13.1 Å². The van der Waals surface area contributed by atoms with Gasteiger partial charge in [-0.05, 0) is 55.4 Å². The van der Waals surface area contributed by atoms with Crippen molar-refractivity contribution in [2.75, 3.05) is 13.1 Å². The molecule has 0 aromatic carbocycles. The standard InChI is InChI=1S/C18H35N/c1-4-5-6-7-8-9-18(14-19-13-15(2)3)11-16-10-17(16)12-18/h15-17,19H,4-14H2,1-3H3. The molecule has 0 amide bonds. The molecule has 2 unspecified atom stereocenters. The predicted molar refractivity (Wildman–Crippen MR) is 84.3 cm³/mol. The lowest BCUT2D eigenvalue weighted by Crippen LogP contribution is -2.35. The fourth-order valence-electron chi connectivity index (χ4n) is 4.17. The summed E-state index contributed by atoms with van der Waals surface area (Å²) in [7, 11) is 0. The SMILES string of the molecule is CCCCCCCC1(CNCC(C)C)CC2CC2C1. The van der Waals surface area contributed by atoms with Crippen molar-refractivity contribution in [1.29, 1.82) is 0 Å². The van der Waals surface area contributed by atoms with Gasteiger partial charge in [0.1, 0.15) is 0 Å². The third-order valence-corrected chi connectivity index (χ3v) is 5.32. The van der Waals surface area contributed by atoms with Gasteiger partial charge < -0.3 is 5.32 Å².